The topological polar surface area (TPSA) is 69.6 Å². The van der Waals surface area contributed by atoms with E-state index < -0.39 is 10.2 Å². The molecule has 140 valence electrons. The summed E-state index contributed by atoms with van der Waals surface area (Å²) >= 11 is 0. The van der Waals surface area contributed by atoms with Gasteiger partial charge in [0, 0.05) is 46.5 Å². The van der Waals surface area contributed by atoms with E-state index in [2.05, 4.69) is 4.98 Å². The molecule has 7 nitrogen and oxygen atoms in total. The Morgan fingerprint density at radius 3 is 2.42 bits per heavy atom. The smallest absolute Gasteiger partial charge is 0.282 e. The Labute approximate surface area is 155 Å². The molecule has 0 radical (unpaired) electrons. The fraction of sp³-hybridized carbons (Fsp3) is 0.444. The van der Waals surface area contributed by atoms with Gasteiger partial charge in [-0.15, -0.1) is 0 Å². The lowest BCUT2D eigenvalue weighted by Gasteiger charge is -2.28. The first kappa shape index (κ1) is 18.8. The summed E-state index contributed by atoms with van der Waals surface area (Å²) < 4.78 is 28.4. The van der Waals surface area contributed by atoms with Crippen molar-refractivity contribution < 1.29 is 8.42 Å². The second-order valence-electron chi connectivity index (χ2n) is 6.79. The van der Waals surface area contributed by atoms with Gasteiger partial charge in [0.05, 0.1) is 11.7 Å². The van der Waals surface area contributed by atoms with Crippen molar-refractivity contribution in [2.75, 3.05) is 39.6 Å². The molecule has 1 aromatic carbocycles. The van der Waals surface area contributed by atoms with Gasteiger partial charge in [-0.25, -0.2) is 9.97 Å². The Balaban J connectivity index is 2.14. The second-order valence-corrected chi connectivity index (χ2v) is 8.88. The highest BCUT2D eigenvalue weighted by atomic mass is 32.2. The highest BCUT2D eigenvalue weighted by Gasteiger charge is 2.38. The molecule has 8 heteroatoms. The van der Waals surface area contributed by atoms with Crippen LogP contribution in [0.1, 0.15) is 24.6 Å². The highest BCUT2D eigenvalue weighted by molar-refractivity contribution is 7.86. The van der Waals surface area contributed by atoms with Crippen LogP contribution in [0, 0.1) is 0 Å². The summed E-state index contributed by atoms with van der Waals surface area (Å²) in [5.41, 5.74) is 2.63. The minimum Gasteiger partial charge on any atom is -0.347 e. The third-order valence-corrected chi connectivity index (χ3v) is 6.52. The SMILES string of the molecule is CN(C)c1ncc(-c2ccccc2)c(C2CCCN2S(=O)(=O)N(C)C)n1. The van der Waals surface area contributed by atoms with Crippen molar-refractivity contribution in [3.63, 3.8) is 0 Å². The van der Waals surface area contributed by atoms with Crippen LogP contribution in [0.15, 0.2) is 36.5 Å². The zero-order valence-electron chi connectivity index (χ0n) is 15.6. The van der Waals surface area contributed by atoms with Gasteiger partial charge in [0.15, 0.2) is 0 Å². The number of hydrogen-bond acceptors (Lipinski definition) is 5. The van der Waals surface area contributed by atoms with E-state index in [0.29, 0.717) is 12.5 Å². The summed E-state index contributed by atoms with van der Waals surface area (Å²) in [7, 11) is 3.37. The fourth-order valence-corrected chi connectivity index (χ4v) is 4.50. The normalized spacial score (nSPS) is 18.4. The zero-order valence-corrected chi connectivity index (χ0v) is 16.4. The number of rotatable bonds is 5. The van der Waals surface area contributed by atoms with E-state index in [1.165, 1.54) is 4.31 Å². The van der Waals surface area contributed by atoms with E-state index in [1.807, 2.05) is 49.3 Å². The molecule has 1 aromatic heterocycles. The van der Waals surface area contributed by atoms with Crippen LogP contribution >= 0.6 is 0 Å². The fourth-order valence-electron chi connectivity index (χ4n) is 3.19. The molecule has 0 saturated carbocycles. The summed E-state index contributed by atoms with van der Waals surface area (Å²) in [6.45, 7) is 0.501. The maximum absolute atomic E-state index is 12.8. The Morgan fingerprint density at radius 2 is 1.81 bits per heavy atom. The molecule has 2 heterocycles. The van der Waals surface area contributed by atoms with Crippen molar-refractivity contribution in [1.29, 1.82) is 0 Å². The number of aromatic nitrogens is 2. The first-order valence-electron chi connectivity index (χ1n) is 8.61. The molecule has 0 N–H and O–H groups in total. The maximum Gasteiger partial charge on any atom is 0.282 e. The monoisotopic (exact) mass is 375 g/mol. The highest BCUT2D eigenvalue weighted by Crippen LogP contribution is 2.38. The van der Waals surface area contributed by atoms with Gasteiger partial charge in [0.25, 0.3) is 10.2 Å². The summed E-state index contributed by atoms with van der Waals surface area (Å²) in [5.74, 6) is 0.578. The molecule has 1 aliphatic rings. The molecule has 3 rings (SSSR count). The van der Waals surface area contributed by atoms with Crippen molar-refractivity contribution in [2.24, 2.45) is 0 Å². The maximum atomic E-state index is 12.8. The number of anilines is 1. The van der Waals surface area contributed by atoms with Gasteiger partial charge >= 0.3 is 0 Å². The van der Waals surface area contributed by atoms with Gasteiger partial charge in [-0.3, -0.25) is 0 Å². The summed E-state index contributed by atoms with van der Waals surface area (Å²) in [5, 5.41) is 0. The molecule has 1 fully saturated rings. The standard InChI is InChI=1S/C18H25N5O2S/c1-21(2)18-19-13-15(14-9-6-5-7-10-14)17(20-18)16-11-8-12-23(16)26(24,25)22(3)4/h5-7,9-10,13,16H,8,11-12H2,1-4H3. The van der Waals surface area contributed by atoms with E-state index in [9.17, 15) is 8.42 Å². The largest absolute Gasteiger partial charge is 0.347 e. The quantitative estimate of drug-likeness (QED) is 0.801. The third kappa shape index (κ3) is 3.44. The molecule has 0 aliphatic carbocycles. The molecule has 26 heavy (non-hydrogen) atoms. The van der Waals surface area contributed by atoms with Crippen molar-refractivity contribution in [3.8, 4) is 11.1 Å². The Kier molecular flexibility index (Phi) is 5.27. The van der Waals surface area contributed by atoms with Crippen LogP contribution in [0.25, 0.3) is 11.1 Å². The first-order valence-corrected chi connectivity index (χ1v) is 10.0. The number of hydrogen-bond donors (Lipinski definition) is 0. The van der Waals surface area contributed by atoms with Gasteiger partial charge < -0.3 is 4.90 Å². The molecule has 0 amide bonds. The number of benzene rings is 1. The van der Waals surface area contributed by atoms with Crippen molar-refractivity contribution in [1.82, 2.24) is 18.6 Å². The van der Waals surface area contributed by atoms with Crippen LogP contribution in [-0.2, 0) is 10.2 Å². The molecule has 0 spiro atoms. The average molecular weight is 375 g/mol. The lowest BCUT2D eigenvalue weighted by atomic mass is 10.0. The van der Waals surface area contributed by atoms with E-state index in [4.69, 9.17) is 4.98 Å². The first-order chi connectivity index (χ1) is 12.3. The van der Waals surface area contributed by atoms with E-state index in [-0.39, 0.29) is 6.04 Å². The Bertz CT molecular complexity index is 868. The van der Waals surface area contributed by atoms with Gasteiger partial charge in [-0.05, 0) is 18.4 Å². The lowest BCUT2D eigenvalue weighted by molar-refractivity contribution is 0.358. The van der Waals surface area contributed by atoms with Crippen molar-refractivity contribution >= 4 is 16.2 Å². The molecule has 1 saturated heterocycles. The minimum atomic E-state index is -3.51. The second kappa shape index (κ2) is 7.30. The van der Waals surface area contributed by atoms with Crippen molar-refractivity contribution in [3.05, 3.63) is 42.2 Å². The van der Waals surface area contributed by atoms with Gasteiger partial charge in [-0.1, -0.05) is 30.3 Å². The lowest BCUT2D eigenvalue weighted by Crippen LogP contribution is -2.40. The number of nitrogens with zero attached hydrogens (tertiary/aromatic N) is 5. The summed E-state index contributed by atoms with van der Waals surface area (Å²) in [6.07, 6.45) is 3.36. The third-order valence-electron chi connectivity index (χ3n) is 4.57. The van der Waals surface area contributed by atoms with E-state index in [1.54, 1.807) is 24.6 Å². The van der Waals surface area contributed by atoms with Crippen LogP contribution in [0.4, 0.5) is 5.95 Å². The van der Waals surface area contributed by atoms with E-state index in [0.717, 1.165) is 29.7 Å². The molecule has 0 bridgehead atoms. The minimum absolute atomic E-state index is 0.292. The van der Waals surface area contributed by atoms with E-state index >= 15 is 0 Å². The van der Waals surface area contributed by atoms with Crippen LogP contribution < -0.4 is 4.90 Å². The molecule has 1 aliphatic heterocycles. The summed E-state index contributed by atoms with van der Waals surface area (Å²) in [4.78, 5) is 11.0. The molecule has 2 aromatic rings. The van der Waals surface area contributed by atoms with Crippen LogP contribution in [0.2, 0.25) is 0 Å². The van der Waals surface area contributed by atoms with Crippen molar-refractivity contribution in [2.45, 2.75) is 18.9 Å². The van der Waals surface area contributed by atoms with Crippen LogP contribution in [0.3, 0.4) is 0 Å². The molecular weight excluding hydrogens is 350 g/mol. The van der Waals surface area contributed by atoms with Crippen LogP contribution in [0.5, 0.6) is 0 Å². The predicted molar refractivity (Wildman–Crippen MR) is 103 cm³/mol. The van der Waals surface area contributed by atoms with Gasteiger partial charge in [0.1, 0.15) is 0 Å². The van der Waals surface area contributed by atoms with Crippen LogP contribution in [-0.4, -0.2) is 61.7 Å². The molecule has 1 atom stereocenters. The van der Waals surface area contributed by atoms with Gasteiger partial charge in [-0.2, -0.15) is 17.0 Å². The Hall–Kier alpha value is -2.03. The average Bonchev–Trinajstić information content (AvgIpc) is 3.12. The summed E-state index contributed by atoms with van der Waals surface area (Å²) in [6, 6.07) is 9.58. The van der Waals surface area contributed by atoms with Gasteiger partial charge in [0.2, 0.25) is 5.95 Å². The Morgan fingerprint density at radius 1 is 1.12 bits per heavy atom. The zero-order chi connectivity index (χ0) is 18.9. The molecule has 1 unspecified atom stereocenters. The predicted octanol–water partition coefficient (Wildman–Crippen LogP) is 2.15. The molecular formula is C18H25N5O2S.